The lowest BCUT2D eigenvalue weighted by molar-refractivity contribution is -0.128. The number of primary amides is 1. The Bertz CT molecular complexity index is 698. The molecule has 1 heterocycles. The summed E-state index contributed by atoms with van der Waals surface area (Å²) in [5, 5.41) is 3.51. The minimum atomic E-state index is -0.663. The Labute approximate surface area is 150 Å². The molecule has 25 heavy (non-hydrogen) atoms. The quantitative estimate of drug-likeness (QED) is 0.878. The molecule has 0 spiro atoms. The summed E-state index contributed by atoms with van der Waals surface area (Å²) in [5.41, 5.74) is 7.78. The van der Waals surface area contributed by atoms with Crippen molar-refractivity contribution in [3.05, 3.63) is 71.8 Å². The number of carbonyl (C=O) groups is 1. The molecule has 1 aliphatic heterocycles. The van der Waals surface area contributed by atoms with Crippen molar-refractivity contribution in [2.45, 2.75) is 31.6 Å². The second kappa shape index (κ2) is 7.40. The monoisotopic (exact) mass is 336 g/mol. The van der Waals surface area contributed by atoms with Gasteiger partial charge in [-0.15, -0.1) is 0 Å². The van der Waals surface area contributed by atoms with Gasteiger partial charge in [0.2, 0.25) is 5.91 Å². The van der Waals surface area contributed by atoms with Gasteiger partial charge in [0.05, 0.1) is 5.41 Å². The molecule has 0 radical (unpaired) electrons. The maximum Gasteiger partial charge on any atom is 0.228 e. The molecule has 1 saturated heterocycles. The molecule has 3 N–H and O–H groups in total. The first-order valence-electron chi connectivity index (χ1n) is 9.19. The Kier molecular flexibility index (Phi) is 5.24. The lowest BCUT2D eigenvalue weighted by Gasteiger charge is -2.48. The van der Waals surface area contributed by atoms with Gasteiger partial charge in [0.1, 0.15) is 0 Å². The summed E-state index contributed by atoms with van der Waals surface area (Å²) < 4.78 is 0. The predicted molar refractivity (Wildman–Crippen MR) is 102 cm³/mol. The number of benzene rings is 2. The molecule has 132 valence electrons. The number of piperidine rings is 1. The highest BCUT2D eigenvalue weighted by molar-refractivity contribution is 5.87. The van der Waals surface area contributed by atoms with Gasteiger partial charge < -0.3 is 11.1 Å². The minimum absolute atomic E-state index is 0.127. The van der Waals surface area contributed by atoms with Crippen LogP contribution in [0, 0.1) is 11.8 Å². The largest absolute Gasteiger partial charge is 0.369 e. The van der Waals surface area contributed by atoms with Crippen LogP contribution in [0.5, 0.6) is 0 Å². The van der Waals surface area contributed by atoms with Crippen LogP contribution in [0.4, 0.5) is 0 Å². The van der Waals surface area contributed by atoms with Gasteiger partial charge in [0.15, 0.2) is 0 Å². The topological polar surface area (TPSA) is 55.1 Å². The Morgan fingerprint density at radius 1 is 1.08 bits per heavy atom. The second-order valence-electron chi connectivity index (χ2n) is 7.37. The lowest BCUT2D eigenvalue weighted by Crippen LogP contribution is -2.56. The average molecular weight is 336 g/mol. The van der Waals surface area contributed by atoms with E-state index in [4.69, 9.17) is 5.73 Å². The Morgan fingerprint density at radius 3 is 2.24 bits per heavy atom. The van der Waals surface area contributed by atoms with Gasteiger partial charge in [-0.1, -0.05) is 74.5 Å². The highest BCUT2D eigenvalue weighted by atomic mass is 16.1. The summed E-state index contributed by atoms with van der Waals surface area (Å²) in [4.78, 5) is 12.9. The standard InChI is InChI=1S/C22H28N2O/c1-16(2)22(21(23)25,18-11-7-4-8-12-18)20-13-14-24-15-19(20)17-9-5-3-6-10-17/h3-12,16,19-20,24H,13-15H2,1-2H3,(H2,23,25). The SMILES string of the molecule is CC(C)C(C(N)=O)(c1ccccc1)C1CCNCC1c1ccccc1. The third kappa shape index (κ3) is 3.09. The van der Waals surface area contributed by atoms with E-state index in [2.05, 4.69) is 55.6 Å². The van der Waals surface area contributed by atoms with Gasteiger partial charge in [-0.25, -0.2) is 0 Å². The summed E-state index contributed by atoms with van der Waals surface area (Å²) >= 11 is 0. The van der Waals surface area contributed by atoms with Crippen LogP contribution in [0.1, 0.15) is 37.3 Å². The first kappa shape index (κ1) is 17.7. The third-order valence-electron chi connectivity index (χ3n) is 5.86. The van der Waals surface area contributed by atoms with Crippen LogP contribution in [-0.4, -0.2) is 19.0 Å². The van der Waals surface area contributed by atoms with Crippen molar-refractivity contribution >= 4 is 5.91 Å². The van der Waals surface area contributed by atoms with Crippen molar-refractivity contribution in [2.24, 2.45) is 17.6 Å². The van der Waals surface area contributed by atoms with Crippen LogP contribution in [0.3, 0.4) is 0 Å². The normalized spacial score (nSPS) is 23.2. The summed E-state index contributed by atoms with van der Waals surface area (Å²) in [6, 6.07) is 20.7. The lowest BCUT2D eigenvalue weighted by atomic mass is 9.56. The number of rotatable bonds is 5. The van der Waals surface area contributed by atoms with Gasteiger partial charge >= 0.3 is 0 Å². The van der Waals surface area contributed by atoms with Crippen LogP contribution in [0.15, 0.2) is 60.7 Å². The van der Waals surface area contributed by atoms with Crippen LogP contribution >= 0.6 is 0 Å². The fourth-order valence-corrected chi connectivity index (χ4v) is 4.75. The molecule has 3 heteroatoms. The van der Waals surface area contributed by atoms with E-state index in [0.29, 0.717) is 0 Å². The molecular formula is C22H28N2O. The molecule has 1 aliphatic rings. The number of nitrogens with one attached hydrogen (secondary N) is 1. The molecule has 3 nitrogen and oxygen atoms in total. The fraction of sp³-hybridized carbons (Fsp3) is 0.409. The summed E-state index contributed by atoms with van der Waals surface area (Å²) in [6.45, 7) is 6.05. The number of nitrogens with two attached hydrogens (primary N) is 1. The van der Waals surface area contributed by atoms with Crippen molar-refractivity contribution < 1.29 is 4.79 Å². The van der Waals surface area contributed by atoms with Gasteiger partial charge in [-0.2, -0.15) is 0 Å². The molecule has 0 aromatic heterocycles. The van der Waals surface area contributed by atoms with Crippen molar-refractivity contribution in [1.82, 2.24) is 5.32 Å². The van der Waals surface area contributed by atoms with Crippen molar-refractivity contribution in [1.29, 1.82) is 0 Å². The molecule has 0 saturated carbocycles. The molecule has 3 rings (SSSR count). The van der Waals surface area contributed by atoms with E-state index in [9.17, 15) is 4.79 Å². The average Bonchev–Trinajstić information content (AvgIpc) is 2.64. The number of carbonyl (C=O) groups excluding carboxylic acids is 1. The smallest absolute Gasteiger partial charge is 0.228 e. The van der Waals surface area contributed by atoms with E-state index in [1.54, 1.807) is 0 Å². The summed E-state index contributed by atoms with van der Waals surface area (Å²) in [7, 11) is 0. The van der Waals surface area contributed by atoms with Crippen LogP contribution in [-0.2, 0) is 10.2 Å². The van der Waals surface area contributed by atoms with Crippen molar-refractivity contribution in [3.63, 3.8) is 0 Å². The van der Waals surface area contributed by atoms with E-state index in [0.717, 1.165) is 25.1 Å². The predicted octanol–water partition coefficient (Wildman–Crippen LogP) is 3.46. The maximum absolute atomic E-state index is 12.9. The molecule has 2 aromatic carbocycles. The molecule has 3 atom stereocenters. The number of hydrogen-bond acceptors (Lipinski definition) is 2. The zero-order valence-electron chi connectivity index (χ0n) is 15.1. The highest BCUT2D eigenvalue weighted by Crippen LogP contribution is 2.48. The van der Waals surface area contributed by atoms with Gasteiger partial charge in [0, 0.05) is 12.5 Å². The van der Waals surface area contributed by atoms with E-state index < -0.39 is 5.41 Å². The zero-order chi connectivity index (χ0) is 17.9. The first-order chi connectivity index (χ1) is 12.1. The van der Waals surface area contributed by atoms with E-state index in [1.165, 1.54) is 5.56 Å². The summed E-state index contributed by atoms with van der Waals surface area (Å²) in [6.07, 6.45) is 0.940. The molecule has 3 unspecified atom stereocenters. The van der Waals surface area contributed by atoms with Crippen LogP contribution in [0.25, 0.3) is 0 Å². The zero-order valence-corrected chi connectivity index (χ0v) is 15.1. The third-order valence-corrected chi connectivity index (χ3v) is 5.86. The van der Waals surface area contributed by atoms with Crippen LogP contribution < -0.4 is 11.1 Å². The first-order valence-corrected chi connectivity index (χ1v) is 9.19. The Hall–Kier alpha value is -2.13. The van der Waals surface area contributed by atoms with Gasteiger partial charge in [-0.05, 0) is 35.9 Å². The number of hydrogen-bond donors (Lipinski definition) is 2. The molecule has 2 aromatic rings. The van der Waals surface area contributed by atoms with E-state index >= 15 is 0 Å². The summed E-state index contributed by atoms with van der Waals surface area (Å²) in [5.74, 6) is 0.365. The Morgan fingerprint density at radius 2 is 1.68 bits per heavy atom. The second-order valence-corrected chi connectivity index (χ2v) is 7.37. The van der Waals surface area contributed by atoms with Crippen LogP contribution in [0.2, 0.25) is 0 Å². The maximum atomic E-state index is 12.9. The molecule has 1 amide bonds. The van der Waals surface area contributed by atoms with Crippen molar-refractivity contribution in [2.75, 3.05) is 13.1 Å². The number of amides is 1. The highest BCUT2D eigenvalue weighted by Gasteiger charge is 2.51. The molecule has 0 bridgehead atoms. The van der Waals surface area contributed by atoms with Crippen molar-refractivity contribution in [3.8, 4) is 0 Å². The molecular weight excluding hydrogens is 308 g/mol. The minimum Gasteiger partial charge on any atom is -0.369 e. The van der Waals surface area contributed by atoms with E-state index in [-0.39, 0.29) is 23.7 Å². The van der Waals surface area contributed by atoms with Gasteiger partial charge in [0.25, 0.3) is 0 Å². The molecule has 1 fully saturated rings. The van der Waals surface area contributed by atoms with Gasteiger partial charge in [-0.3, -0.25) is 4.79 Å². The molecule has 0 aliphatic carbocycles. The van der Waals surface area contributed by atoms with E-state index in [1.807, 2.05) is 24.3 Å². The fourth-order valence-electron chi connectivity index (χ4n) is 4.75. The Balaban J connectivity index is 2.15.